The highest BCUT2D eigenvalue weighted by Crippen LogP contribution is 2.35. The zero-order valence-electron chi connectivity index (χ0n) is 11.8. The van der Waals surface area contributed by atoms with Gasteiger partial charge in [-0.1, -0.05) is 37.3 Å². The summed E-state index contributed by atoms with van der Waals surface area (Å²) in [4.78, 5) is 2.25. The third-order valence-corrected chi connectivity index (χ3v) is 4.09. The number of nitrogens with two attached hydrogens (primary N) is 1. The first-order valence-corrected chi connectivity index (χ1v) is 7.42. The minimum atomic E-state index is -0.365. The lowest BCUT2D eigenvalue weighted by molar-refractivity contribution is 0.561. The van der Waals surface area contributed by atoms with E-state index in [1.807, 2.05) is 18.2 Å². The van der Waals surface area contributed by atoms with Crippen molar-refractivity contribution in [2.24, 2.45) is 11.7 Å². The van der Waals surface area contributed by atoms with Gasteiger partial charge in [-0.25, -0.2) is 4.39 Å². The van der Waals surface area contributed by atoms with Gasteiger partial charge in [0.1, 0.15) is 10.8 Å². The molecule has 0 spiro atoms. The van der Waals surface area contributed by atoms with Crippen LogP contribution in [-0.4, -0.2) is 11.5 Å². The lowest BCUT2D eigenvalue weighted by Gasteiger charge is -2.35. The van der Waals surface area contributed by atoms with E-state index in [4.69, 9.17) is 18.0 Å². The Hall–Kier alpha value is -1.94. The molecule has 0 saturated heterocycles. The van der Waals surface area contributed by atoms with E-state index in [0.29, 0.717) is 11.5 Å². The van der Waals surface area contributed by atoms with Crippen LogP contribution >= 0.6 is 12.2 Å². The maximum absolute atomic E-state index is 14.1. The molecule has 1 unspecified atom stereocenters. The molecule has 1 aliphatic rings. The van der Waals surface area contributed by atoms with Gasteiger partial charge >= 0.3 is 0 Å². The maximum Gasteiger partial charge on any atom is 0.135 e. The summed E-state index contributed by atoms with van der Waals surface area (Å²) >= 11 is 4.86. The van der Waals surface area contributed by atoms with Crippen LogP contribution in [0.4, 0.5) is 15.8 Å². The molecule has 2 aromatic rings. The molecule has 0 bridgehead atoms. The molecule has 0 amide bonds. The van der Waals surface area contributed by atoms with Crippen LogP contribution in [0, 0.1) is 11.7 Å². The summed E-state index contributed by atoms with van der Waals surface area (Å²) in [6.45, 7) is 3.09. The molecular formula is C17H17FN2S. The van der Waals surface area contributed by atoms with Crippen LogP contribution in [0.5, 0.6) is 0 Å². The number of hydrogen-bond acceptors (Lipinski definition) is 2. The fourth-order valence-electron chi connectivity index (χ4n) is 2.91. The van der Waals surface area contributed by atoms with E-state index >= 15 is 0 Å². The molecule has 2 aromatic carbocycles. The van der Waals surface area contributed by atoms with Crippen molar-refractivity contribution in [3.63, 3.8) is 0 Å². The highest BCUT2D eigenvalue weighted by atomic mass is 32.1. The van der Waals surface area contributed by atoms with Gasteiger partial charge in [-0.15, -0.1) is 0 Å². The van der Waals surface area contributed by atoms with E-state index in [9.17, 15) is 4.39 Å². The van der Waals surface area contributed by atoms with E-state index in [1.165, 1.54) is 11.6 Å². The second-order valence-corrected chi connectivity index (χ2v) is 6.02. The average molecular weight is 300 g/mol. The average Bonchev–Trinajstić information content (AvgIpc) is 2.45. The molecule has 0 saturated carbocycles. The first-order chi connectivity index (χ1) is 10.1. The van der Waals surface area contributed by atoms with Crippen LogP contribution < -0.4 is 10.6 Å². The Morgan fingerprint density at radius 2 is 2.05 bits per heavy atom. The number of benzene rings is 2. The quantitative estimate of drug-likeness (QED) is 0.856. The zero-order chi connectivity index (χ0) is 15.0. The number of hydrogen-bond donors (Lipinski definition) is 1. The molecular weight excluding hydrogens is 283 g/mol. The predicted octanol–water partition coefficient (Wildman–Crippen LogP) is 3.79. The molecule has 3 rings (SSSR count). The van der Waals surface area contributed by atoms with Gasteiger partial charge in [0.05, 0.1) is 0 Å². The van der Waals surface area contributed by atoms with Crippen molar-refractivity contribution in [3.05, 3.63) is 59.4 Å². The third kappa shape index (κ3) is 2.63. The van der Waals surface area contributed by atoms with Gasteiger partial charge in [-0.3, -0.25) is 0 Å². The topological polar surface area (TPSA) is 29.3 Å². The van der Waals surface area contributed by atoms with Crippen molar-refractivity contribution < 1.29 is 4.39 Å². The normalized spacial score (nSPS) is 17.4. The SMILES string of the molecule is CC1Cc2ccccc2N(c2ccc(C(N)=S)c(F)c2)C1. The second kappa shape index (κ2) is 5.45. The highest BCUT2D eigenvalue weighted by Gasteiger charge is 2.23. The van der Waals surface area contributed by atoms with Crippen molar-refractivity contribution >= 4 is 28.6 Å². The van der Waals surface area contributed by atoms with E-state index in [-0.39, 0.29) is 10.8 Å². The van der Waals surface area contributed by atoms with Crippen molar-refractivity contribution in [2.75, 3.05) is 11.4 Å². The van der Waals surface area contributed by atoms with Crippen molar-refractivity contribution in [2.45, 2.75) is 13.3 Å². The van der Waals surface area contributed by atoms with Crippen molar-refractivity contribution in [1.82, 2.24) is 0 Å². The first-order valence-electron chi connectivity index (χ1n) is 7.01. The van der Waals surface area contributed by atoms with E-state index in [1.54, 1.807) is 6.07 Å². The van der Waals surface area contributed by atoms with Gasteiger partial charge < -0.3 is 10.6 Å². The van der Waals surface area contributed by atoms with Crippen LogP contribution in [0.3, 0.4) is 0 Å². The number of thiocarbonyl (C=S) groups is 1. The Morgan fingerprint density at radius 3 is 2.76 bits per heavy atom. The summed E-state index contributed by atoms with van der Waals surface area (Å²) in [7, 11) is 0. The Balaban J connectivity index is 2.05. The van der Waals surface area contributed by atoms with E-state index in [0.717, 1.165) is 24.3 Å². The molecule has 1 heterocycles. The molecule has 0 aliphatic carbocycles. The number of rotatable bonds is 2. The minimum absolute atomic E-state index is 0.0893. The van der Waals surface area contributed by atoms with Crippen molar-refractivity contribution in [3.8, 4) is 0 Å². The summed E-state index contributed by atoms with van der Waals surface area (Å²) in [5, 5.41) is 0. The van der Waals surface area contributed by atoms with Gasteiger partial charge in [0.25, 0.3) is 0 Å². The number of fused-ring (bicyclic) bond motifs is 1. The fourth-order valence-corrected chi connectivity index (χ4v) is 3.08. The van der Waals surface area contributed by atoms with Crippen molar-refractivity contribution in [1.29, 1.82) is 0 Å². The standard InChI is InChI=1S/C17H17FN2S/c1-11-8-12-4-2-3-5-16(12)20(10-11)13-6-7-14(17(19)21)15(18)9-13/h2-7,9,11H,8,10H2,1H3,(H2,19,21). The summed E-state index contributed by atoms with van der Waals surface area (Å²) in [5.41, 5.74) is 9.11. The Bertz CT molecular complexity index is 699. The maximum atomic E-state index is 14.1. The van der Waals surface area contributed by atoms with Crippen LogP contribution in [0.15, 0.2) is 42.5 Å². The van der Waals surface area contributed by atoms with Crippen LogP contribution in [0.25, 0.3) is 0 Å². The van der Waals surface area contributed by atoms with Crippen LogP contribution in [0.1, 0.15) is 18.1 Å². The lowest BCUT2D eigenvalue weighted by atomic mass is 9.93. The summed E-state index contributed by atoms with van der Waals surface area (Å²) in [6.07, 6.45) is 1.06. The Morgan fingerprint density at radius 1 is 1.29 bits per heavy atom. The van der Waals surface area contributed by atoms with E-state index < -0.39 is 0 Å². The Labute approximate surface area is 129 Å². The highest BCUT2D eigenvalue weighted by molar-refractivity contribution is 7.80. The molecule has 1 aliphatic heterocycles. The first kappa shape index (κ1) is 14.0. The van der Waals surface area contributed by atoms with Gasteiger partial charge in [-0.2, -0.15) is 0 Å². The van der Waals surface area contributed by atoms with Gasteiger partial charge in [-0.05, 0) is 42.2 Å². The third-order valence-electron chi connectivity index (χ3n) is 3.87. The number of anilines is 2. The number of halogens is 1. The monoisotopic (exact) mass is 300 g/mol. The largest absolute Gasteiger partial charge is 0.389 e. The number of para-hydroxylation sites is 1. The van der Waals surface area contributed by atoms with Gasteiger partial charge in [0, 0.05) is 23.5 Å². The Kier molecular flexibility index (Phi) is 3.64. The molecule has 2 nitrogen and oxygen atoms in total. The minimum Gasteiger partial charge on any atom is -0.389 e. The molecule has 1 atom stereocenters. The molecule has 21 heavy (non-hydrogen) atoms. The second-order valence-electron chi connectivity index (χ2n) is 5.58. The lowest BCUT2D eigenvalue weighted by Crippen LogP contribution is -2.30. The summed E-state index contributed by atoms with van der Waals surface area (Å²) < 4.78 is 14.1. The van der Waals surface area contributed by atoms with E-state index in [2.05, 4.69) is 24.0 Å². The zero-order valence-corrected chi connectivity index (χ0v) is 12.7. The molecule has 108 valence electrons. The molecule has 0 fully saturated rings. The number of nitrogens with zero attached hydrogens (tertiary/aromatic N) is 1. The summed E-state index contributed by atoms with van der Waals surface area (Å²) in [6, 6.07) is 13.3. The fraction of sp³-hybridized carbons (Fsp3) is 0.235. The molecule has 4 heteroatoms. The van der Waals surface area contributed by atoms with Gasteiger partial charge in [0.15, 0.2) is 0 Å². The smallest absolute Gasteiger partial charge is 0.135 e. The molecule has 0 radical (unpaired) electrons. The predicted molar refractivity (Wildman–Crippen MR) is 88.6 cm³/mol. The van der Waals surface area contributed by atoms with Crippen LogP contribution in [0.2, 0.25) is 0 Å². The molecule has 2 N–H and O–H groups in total. The van der Waals surface area contributed by atoms with Crippen LogP contribution in [-0.2, 0) is 6.42 Å². The molecule has 0 aromatic heterocycles. The summed E-state index contributed by atoms with van der Waals surface area (Å²) in [5.74, 6) is 0.161. The van der Waals surface area contributed by atoms with Gasteiger partial charge in [0.2, 0.25) is 0 Å².